The van der Waals surface area contributed by atoms with Gasteiger partial charge >= 0.3 is 0 Å². The number of benzene rings is 2. The summed E-state index contributed by atoms with van der Waals surface area (Å²) >= 11 is 6.27. The molecule has 0 N–H and O–H groups in total. The molecule has 0 atom stereocenters. The Morgan fingerprint density at radius 2 is 1.66 bits per heavy atom. The lowest BCUT2D eigenvalue weighted by Crippen LogP contribution is -2.29. The Hall–Kier alpha value is -1.05. The maximum atomic E-state index is 2.54. The van der Waals surface area contributed by atoms with E-state index in [1.165, 1.54) is 73.8 Å². The molecule has 2 aromatic carbocycles. The minimum atomic E-state index is 1.11. The summed E-state index contributed by atoms with van der Waals surface area (Å²) in [5.74, 6) is 0. The number of fused-ring (bicyclic) bond motifs is 2. The number of aromatic nitrogens is 1. The number of halogens is 1. The second kappa shape index (κ2) is 10.3. The molecule has 0 fully saturated rings. The summed E-state index contributed by atoms with van der Waals surface area (Å²) in [7, 11) is 2.18. The molecule has 0 saturated heterocycles. The highest BCUT2D eigenvalue weighted by molar-refractivity contribution is 14.1. The van der Waals surface area contributed by atoms with Gasteiger partial charge in [-0.3, -0.25) is 0 Å². The lowest BCUT2D eigenvalue weighted by Gasteiger charge is -2.20. The van der Waals surface area contributed by atoms with Crippen LogP contribution in [-0.2, 0) is 7.05 Å². The minimum absolute atomic E-state index is 1.11. The maximum Gasteiger partial charge on any atom is 0.265 e. The Bertz CT molecular complexity index is 995. The highest BCUT2D eigenvalue weighted by atomic mass is 127. The van der Waals surface area contributed by atoms with Crippen LogP contribution in [0.4, 0.5) is 5.69 Å². The van der Waals surface area contributed by atoms with Crippen molar-refractivity contribution >= 4 is 67.7 Å². The molecule has 3 aromatic rings. The van der Waals surface area contributed by atoms with E-state index in [0.29, 0.717) is 0 Å². The zero-order valence-corrected chi connectivity index (χ0v) is 20.7. The van der Waals surface area contributed by atoms with Crippen LogP contribution in [0.2, 0.25) is 0 Å². The predicted molar refractivity (Wildman–Crippen MR) is 137 cm³/mol. The number of anilines is 1. The van der Waals surface area contributed by atoms with E-state index < -0.39 is 0 Å². The van der Waals surface area contributed by atoms with E-state index in [2.05, 4.69) is 93.7 Å². The molecule has 2 nitrogen and oxygen atoms in total. The van der Waals surface area contributed by atoms with E-state index >= 15 is 0 Å². The summed E-state index contributed by atoms with van der Waals surface area (Å²) in [6.45, 7) is 1.11. The molecule has 0 spiro atoms. The Morgan fingerprint density at radius 1 is 0.931 bits per heavy atom. The zero-order chi connectivity index (χ0) is 20.1. The van der Waals surface area contributed by atoms with Crippen LogP contribution >= 0.6 is 45.7 Å². The van der Waals surface area contributed by atoms with E-state index in [0.717, 1.165) is 6.54 Å². The van der Waals surface area contributed by atoms with Crippen LogP contribution in [0.1, 0.15) is 43.5 Å². The number of unbranched alkanes of at least 4 members (excludes halogenated alkanes) is 5. The third-order valence-electron chi connectivity index (χ3n) is 5.42. The molecule has 0 saturated carbocycles. The van der Waals surface area contributed by atoms with Crippen molar-refractivity contribution < 1.29 is 4.57 Å². The average Bonchev–Trinajstić information content (AvgIpc) is 3.25. The molecule has 4 rings (SSSR count). The lowest BCUT2D eigenvalue weighted by molar-refractivity contribution is -0.642. The third kappa shape index (κ3) is 5.00. The van der Waals surface area contributed by atoms with Gasteiger partial charge in [-0.1, -0.05) is 95.6 Å². The van der Waals surface area contributed by atoms with Gasteiger partial charge in [0.1, 0.15) is 11.7 Å². The molecule has 1 aliphatic heterocycles. The van der Waals surface area contributed by atoms with Crippen molar-refractivity contribution in [3.63, 3.8) is 0 Å². The molecular formula is C24H28IN2S2+. The first kappa shape index (κ1) is 21.2. The molecule has 1 aromatic heterocycles. The van der Waals surface area contributed by atoms with Gasteiger partial charge in [0.25, 0.3) is 5.01 Å². The van der Waals surface area contributed by atoms with Crippen molar-refractivity contribution in [3.8, 4) is 0 Å². The molecule has 1 aliphatic rings. The molecule has 152 valence electrons. The lowest BCUT2D eigenvalue weighted by atomic mass is 10.1. The largest absolute Gasteiger partial charge is 0.335 e. The normalized spacial score (nSPS) is 14.8. The fourth-order valence-electron chi connectivity index (χ4n) is 3.81. The molecule has 0 amide bonds. The summed E-state index contributed by atoms with van der Waals surface area (Å²) in [6, 6.07) is 17.5. The van der Waals surface area contributed by atoms with Crippen molar-refractivity contribution in [2.24, 2.45) is 7.05 Å². The highest BCUT2D eigenvalue weighted by Gasteiger charge is 2.26. The van der Waals surface area contributed by atoms with Gasteiger partial charge in [-0.05, 0) is 35.5 Å². The smallest absolute Gasteiger partial charge is 0.265 e. The van der Waals surface area contributed by atoms with Crippen LogP contribution in [0.15, 0.2) is 58.5 Å². The van der Waals surface area contributed by atoms with Gasteiger partial charge in [0, 0.05) is 17.5 Å². The number of thioether (sulfide) groups is 1. The summed E-state index contributed by atoms with van der Waals surface area (Å²) in [5, 5.41) is 2.67. The van der Waals surface area contributed by atoms with E-state index in [9.17, 15) is 0 Å². The van der Waals surface area contributed by atoms with Crippen molar-refractivity contribution in [1.29, 1.82) is 0 Å². The molecule has 2 heterocycles. The van der Waals surface area contributed by atoms with E-state index in [-0.39, 0.29) is 0 Å². The number of rotatable bonds is 9. The predicted octanol–water partition coefficient (Wildman–Crippen LogP) is 7.41. The third-order valence-corrected chi connectivity index (χ3v) is 8.46. The Labute approximate surface area is 196 Å². The van der Waals surface area contributed by atoms with Gasteiger partial charge in [-0.15, -0.1) is 0 Å². The first-order chi connectivity index (χ1) is 14.3. The number of alkyl halides is 1. The van der Waals surface area contributed by atoms with Crippen molar-refractivity contribution in [1.82, 2.24) is 0 Å². The molecule has 0 unspecified atom stereocenters. The number of hydrogen-bond donors (Lipinski definition) is 0. The van der Waals surface area contributed by atoms with Crippen LogP contribution in [0.25, 0.3) is 16.3 Å². The fourth-order valence-corrected chi connectivity index (χ4v) is 6.64. The standard InChI is InChI=1S/C24H28IN2S2/c1-26-19-12-6-8-14-21(19)28-23(26)18-24-27(17-11-5-3-2-4-10-16-25)20-13-7-9-15-22(20)29-24/h6-9,12-15,18H,2-5,10-11,16-17H2,1H3/q+1. The van der Waals surface area contributed by atoms with Gasteiger partial charge < -0.3 is 4.90 Å². The Kier molecular flexibility index (Phi) is 7.54. The highest BCUT2D eigenvalue weighted by Crippen LogP contribution is 2.46. The van der Waals surface area contributed by atoms with Crippen LogP contribution in [-0.4, -0.2) is 11.0 Å². The Morgan fingerprint density at radius 3 is 2.48 bits per heavy atom. The summed E-state index contributed by atoms with van der Waals surface area (Å²) in [6.07, 6.45) is 10.5. The number of aryl methyl sites for hydroxylation is 1. The summed E-state index contributed by atoms with van der Waals surface area (Å²) in [5.41, 5.74) is 2.68. The van der Waals surface area contributed by atoms with Crippen LogP contribution in [0.5, 0.6) is 0 Å². The topological polar surface area (TPSA) is 7.12 Å². The van der Waals surface area contributed by atoms with E-state index in [1.807, 2.05) is 23.1 Å². The zero-order valence-electron chi connectivity index (χ0n) is 16.9. The van der Waals surface area contributed by atoms with Crippen LogP contribution in [0, 0.1) is 0 Å². The molecule has 0 radical (unpaired) electrons. The van der Waals surface area contributed by atoms with Gasteiger partial charge in [-0.2, -0.15) is 4.57 Å². The summed E-state index contributed by atoms with van der Waals surface area (Å²) in [4.78, 5) is 3.92. The average molecular weight is 536 g/mol. The van der Waals surface area contributed by atoms with Crippen LogP contribution < -0.4 is 9.47 Å². The monoisotopic (exact) mass is 535 g/mol. The van der Waals surface area contributed by atoms with E-state index in [1.54, 1.807) is 0 Å². The van der Waals surface area contributed by atoms with Gasteiger partial charge in [0.2, 0.25) is 5.52 Å². The number of para-hydroxylation sites is 2. The number of thiazole rings is 1. The maximum absolute atomic E-state index is 2.54. The van der Waals surface area contributed by atoms with E-state index in [4.69, 9.17) is 0 Å². The molecule has 29 heavy (non-hydrogen) atoms. The number of hydrogen-bond acceptors (Lipinski definition) is 3. The second-order valence-corrected chi connectivity index (χ2v) is 10.7. The fraction of sp³-hybridized carbons (Fsp3) is 0.375. The van der Waals surface area contributed by atoms with Gasteiger partial charge in [0.05, 0.1) is 16.8 Å². The quantitative estimate of drug-likeness (QED) is 0.122. The first-order valence-electron chi connectivity index (χ1n) is 10.5. The molecular weight excluding hydrogens is 507 g/mol. The van der Waals surface area contributed by atoms with Crippen LogP contribution in [0.3, 0.4) is 0 Å². The van der Waals surface area contributed by atoms with Crippen molar-refractivity contribution in [2.45, 2.75) is 43.4 Å². The number of nitrogens with zero attached hydrogens (tertiary/aromatic N) is 2. The molecule has 0 aliphatic carbocycles. The molecule has 0 bridgehead atoms. The van der Waals surface area contributed by atoms with Gasteiger partial charge in [0.15, 0.2) is 0 Å². The van der Waals surface area contributed by atoms with Crippen molar-refractivity contribution in [2.75, 3.05) is 15.9 Å². The molecule has 5 heteroatoms. The minimum Gasteiger partial charge on any atom is -0.335 e. The summed E-state index contributed by atoms with van der Waals surface area (Å²) < 4.78 is 4.96. The van der Waals surface area contributed by atoms with Crippen molar-refractivity contribution in [3.05, 3.63) is 58.6 Å². The Balaban J connectivity index is 1.50. The first-order valence-corrected chi connectivity index (χ1v) is 13.6. The SMILES string of the molecule is C[n+]1c(/C=C2\Sc3ccccc3N2CCCCCCCCI)sc2ccccc21. The van der Waals surface area contributed by atoms with Gasteiger partial charge in [-0.25, -0.2) is 0 Å². The second-order valence-electron chi connectivity index (χ2n) is 7.48.